The largest absolute Gasteiger partial charge is 0.443 e. The van der Waals surface area contributed by atoms with Gasteiger partial charge in [-0.2, -0.15) is 5.26 Å². The van der Waals surface area contributed by atoms with Crippen LogP contribution >= 0.6 is 11.6 Å². The van der Waals surface area contributed by atoms with E-state index < -0.39 is 0 Å². The molecule has 0 spiro atoms. The zero-order valence-electron chi connectivity index (χ0n) is 18.1. The lowest BCUT2D eigenvalue weighted by atomic mass is 9.98. The van der Waals surface area contributed by atoms with Gasteiger partial charge in [0, 0.05) is 18.5 Å². The van der Waals surface area contributed by atoms with Crippen LogP contribution in [0, 0.1) is 11.5 Å². The fourth-order valence-electron chi connectivity index (χ4n) is 3.56. The number of hydrogen-bond acceptors (Lipinski definition) is 7. The topological polar surface area (TPSA) is 137 Å². The zero-order chi connectivity index (χ0) is 23.6. The van der Waals surface area contributed by atoms with E-state index in [2.05, 4.69) is 62.9 Å². The summed E-state index contributed by atoms with van der Waals surface area (Å²) in [5.41, 5.74) is 4.84. The third-order valence-corrected chi connectivity index (χ3v) is 5.44. The van der Waals surface area contributed by atoms with Gasteiger partial charge in [-0.05, 0) is 33.5 Å². The molecule has 2 aromatic heterocycles. The summed E-state index contributed by atoms with van der Waals surface area (Å²) in [7, 11) is 0. The number of aromatic nitrogens is 6. The molecular formula is C23H24ClN7O2. The number of imidazole rings is 1. The van der Waals surface area contributed by atoms with Crippen LogP contribution in [-0.2, 0) is 19.6 Å². The first kappa shape index (κ1) is 23.9. The van der Waals surface area contributed by atoms with Crippen molar-refractivity contribution in [2.75, 3.05) is 0 Å². The molecule has 2 heterocycles. The van der Waals surface area contributed by atoms with Crippen molar-refractivity contribution in [2.24, 2.45) is 0 Å². The molecule has 0 aliphatic carbocycles. The quantitative estimate of drug-likeness (QED) is 0.333. The number of aromatic amines is 1. The van der Waals surface area contributed by atoms with Crippen LogP contribution in [0.2, 0.25) is 5.15 Å². The summed E-state index contributed by atoms with van der Waals surface area (Å²) in [4.78, 5) is 4.47. The molecule has 0 atom stereocenters. The van der Waals surface area contributed by atoms with Gasteiger partial charge in [-0.3, -0.25) is 0 Å². The van der Waals surface area contributed by atoms with Gasteiger partial charge < -0.3 is 14.8 Å². The monoisotopic (exact) mass is 465 g/mol. The molecule has 3 N–H and O–H groups in total. The third-order valence-electron chi connectivity index (χ3n) is 5.14. The van der Waals surface area contributed by atoms with Gasteiger partial charge in [0.1, 0.15) is 5.82 Å². The molecule has 0 bridgehead atoms. The van der Waals surface area contributed by atoms with E-state index in [4.69, 9.17) is 22.0 Å². The summed E-state index contributed by atoms with van der Waals surface area (Å²) in [6, 6.07) is 16.3. The van der Waals surface area contributed by atoms with E-state index in [1.807, 2.05) is 22.8 Å². The molecule has 9 nitrogen and oxygen atoms in total. The van der Waals surface area contributed by atoms with Crippen molar-refractivity contribution < 1.29 is 10.2 Å². The van der Waals surface area contributed by atoms with E-state index in [0.717, 1.165) is 53.6 Å². The Hall–Kier alpha value is -3.74. The first-order valence-electron chi connectivity index (χ1n) is 10.4. The van der Waals surface area contributed by atoms with Crippen molar-refractivity contribution in [3.05, 3.63) is 70.8 Å². The van der Waals surface area contributed by atoms with Gasteiger partial charge in [0.2, 0.25) is 0 Å². The number of nitriles is 1. The third kappa shape index (κ3) is 5.74. The molecule has 0 saturated heterocycles. The summed E-state index contributed by atoms with van der Waals surface area (Å²) in [5.74, 6) is 1.55. The van der Waals surface area contributed by atoms with Gasteiger partial charge in [0.25, 0.3) is 6.26 Å². The predicted molar refractivity (Wildman–Crippen MR) is 123 cm³/mol. The zero-order valence-corrected chi connectivity index (χ0v) is 18.9. The summed E-state index contributed by atoms with van der Waals surface area (Å²) in [5, 5.41) is 38.1. The van der Waals surface area contributed by atoms with Crippen LogP contribution in [0.15, 0.2) is 48.5 Å². The van der Waals surface area contributed by atoms with Crippen molar-refractivity contribution in [3.63, 3.8) is 0 Å². The van der Waals surface area contributed by atoms with Crippen LogP contribution in [0.3, 0.4) is 0 Å². The maximum absolute atomic E-state index is 9.77. The Bertz CT molecular complexity index is 1200. The Labute approximate surface area is 196 Å². The Morgan fingerprint density at radius 2 is 1.82 bits per heavy atom. The second-order valence-electron chi connectivity index (χ2n) is 7.21. The minimum Gasteiger partial charge on any atom is -0.443 e. The first-order chi connectivity index (χ1) is 16.1. The van der Waals surface area contributed by atoms with E-state index in [1.54, 1.807) is 0 Å². The lowest BCUT2D eigenvalue weighted by Gasteiger charge is -2.12. The van der Waals surface area contributed by atoms with E-state index in [-0.39, 0.29) is 6.61 Å². The van der Waals surface area contributed by atoms with Crippen LogP contribution in [0.25, 0.3) is 22.5 Å². The van der Waals surface area contributed by atoms with Crippen LogP contribution < -0.4 is 0 Å². The SMILES string of the molecule is CCCCc1nc(Cl)c(CO)n1Cc1ccc(-c2ccccc2-c2nnn[nH]2)cc1.N#CO. The number of aliphatic hydroxyl groups excluding tert-OH is 2. The molecule has 33 heavy (non-hydrogen) atoms. The van der Waals surface area contributed by atoms with Crippen LogP contribution in [0.4, 0.5) is 0 Å². The number of H-pyrrole nitrogens is 1. The summed E-state index contributed by atoms with van der Waals surface area (Å²) < 4.78 is 2.03. The maximum atomic E-state index is 9.77. The van der Waals surface area contributed by atoms with Crippen molar-refractivity contribution in [1.29, 1.82) is 5.26 Å². The fourth-order valence-corrected chi connectivity index (χ4v) is 3.81. The van der Waals surface area contributed by atoms with Crippen molar-refractivity contribution in [3.8, 4) is 28.8 Å². The van der Waals surface area contributed by atoms with E-state index in [9.17, 15) is 5.11 Å². The minimum atomic E-state index is -0.130. The molecule has 10 heteroatoms. The minimum absolute atomic E-state index is 0.130. The average molecular weight is 466 g/mol. The lowest BCUT2D eigenvalue weighted by Crippen LogP contribution is -2.09. The number of hydrogen-bond donors (Lipinski definition) is 3. The number of nitrogens with one attached hydrogen (secondary N) is 1. The Morgan fingerprint density at radius 3 is 2.42 bits per heavy atom. The lowest BCUT2D eigenvalue weighted by molar-refractivity contribution is 0.271. The highest BCUT2D eigenvalue weighted by molar-refractivity contribution is 6.30. The van der Waals surface area contributed by atoms with Crippen LogP contribution in [0.5, 0.6) is 0 Å². The van der Waals surface area contributed by atoms with E-state index in [0.29, 0.717) is 23.2 Å². The fraction of sp³-hybridized carbons (Fsp3) is 0.261. The number of nitrogens with zero attached hydrogens (tertiary/aromatic N) is 6. The summed E-state index contributed by atoms with van der Waals surface area (Å²) in [6.45, 7) is 2.63. The molecule has 0 radical (unpaired) electrons. The standard InChI is InChI=1S/C22H23ClN6O.CHNO/c1-2-3-8-20-24-21(23)19(14-30)29(20)13-15-9-11-16(12-10-15)17-6-4-5-7-18(17)22-25-27-28-26-22;2-1-3/h4-7,9-12,30H,2-3,8,13-14H2,1H3,(H,25,26,27,28);3H. The second-order valence-corrected chi connectivity index (χ2v) is 7.56. The second kappa shape index (κ2) is 11.8. The summed E-state index contributed by atoms with van der Waals surface area (Å²) in [6.07, 6.45) is 3.70. The smallest absolute Gasteiger partial charge is 0.283 e. The number of rotatable bonds is 8. The van der Waals surface area contributed by atoms with Crippen molar-refractivity contribution in [1.82, 2.24) is 30.2 Å². The van der Waals surface area contributed by atoms with Crippen LogP contribution in [0.1, 0.15) is 36.8 Å². The molecule has 0 aliphatic rings. The number of unbranched alkanes of at least 4 members (excludes halogenated alkanes) is 1. The molecule has 0 amide bonds. The van der Waals surface area contributed by atoms with E-state index in [1.165, 1.54) is 0 Å². The summed E-state index contributed by atoms with van der Waals surface area (Å²) >= 11 is 6.26. The van der Waals surface area contributed by atoms with Crippen molar-refractivity contribution >= 4 is 11.6 Å². The number of benzene rings is 2. The van der Waals surface area contributed by atoms with Gasteiger partial charge in [-0.15, -0.1) is 5.10 Å². The first-order valence-corrected chi connectivity index (χ1v) is 10.8. The number of halogens is 1. The molecule has 4 rings (SSSR count). The van der Waals surface area contributed by atoms with Gasteiger partial charge >= 0.3 is 0 Å². The van der Waals surface area contributed by atoms with Crippen molar-refractivity contribution in [2.45, 2.75) is 39.3 Å². The normalized spacial score (nSPS) is 10.4. The highest BCUT2D eigenvalue weighted by Crippen LogP contribution is 2.30. The highest BCUT2D eigenvalue weighted by atomic mass is 35.5. The molecule has 4 aromatic rings. The van der Waals surface area contributed by atoms with Gasteiger partial charge in [-0.1, -0.05) is 73.5 Å². The number of aryl methyl sites for hydroxylation is 1. The highest BCUT2D eigenvalue weighted by Gasteiger charge is 2.15. The maximum Gasteiger partial charge on any atom is 0.283 e. The molecule has 2 aromatic carbocycles. The van der Waals surface area contributed by atoms with Crippen LogP contribution in [-0.4, -0.2) is 40.4 Å². The molecule has 0 saturated carbocycles. The Kier molecular flexibility index (Phi) is 8.52. The Balaban J connectivity index is 0.000000968. The molecule has 0 fully saturated rings. The molecule has 0 aliphatic heterocycles. The van der Waals surface area contributed by atoms with Gasteiger partial charge in [0.15, 0.2) is 11.0 Å². The molecule has 0 unspecified atom stereocenters. The number of aliphatic hydroxyl groups is 2. The average Bonchev–Trinajstić information content (AvgIpc) is 3.47. The van der Waals surface area contributed by atoms with Gasteiger partial charge in [0.05, 0.1) is 12.3 Å². The van der Waals surface area contributed by atoms with E-state index >= 15 is 0 Å². The molecular weight excluding hydrogens is 442 g/mol. The van der Waals surface area contributed by atoms with Gasteiger partial charge in [-0.25, -0.2) is 10.1 Å². The number of tetrazole rings is 1. The Morgan fingerprint density at radius 1 is 1.12 bits per heavy atom. The predicted octanol–water partition coefficient (Wildman–Crippen LogP) is 4.11. The molecule has 170 valence electrons.